The quantitative estimate of drug-likeness (QED) is 0.623. The fourth-order valence-electron chi connectivity index (χ4n) is 3.70. The molecule has 7 nitrogen and oxygen atoms in total. The number of nitrogens with zero attached hydrogens (tertiary/aromatic N) is 2. The van der Waals surface area contributed by atoms with Crippen molar-refractivity contribution in [2.24, 2.45) is 0 Å². The van der Waals surface area contributed by atoms with Gasteiger partial charge >= 0.3 is 0 Å². The molecule has 2 heterocycles. The molecule has 1 aliphatic rings. The van der Waals surface area contributed by atoms with Crippen molar-refractivity contribution < 1.29 is 14.3 Å². The van der Waals surface area contributed by atoms with E-state index in [0.29, 0.717) is 23.9 Å². The Hall–Kier alpha value is -3.61. The summed E-state index contributed by atoms with van der Waals surface area (Å²) in [6.07, 6.45) is 0.707. The molecule has 4 rings (SSSR count). The number of fused-ring (bicyclic) bond motifs is 1. The van der Waals surface area contributed by atoms with Gasteiger partial charge in [-0.05, 0) is 31.0 Å². The maximum Gasteiger partial charge on any atom is 0.251 e. The summed E-state index contributed by atoms with van der Waals surface area (Å²) in [5.74, 6) is 0.745. The third kappa shape index (κ3) is 3.66. The number of anilines is 2. The molecule has 2 N–H and O–H groups in total. The van der Waals surface area contributed by atoms with E-state index in [4.69, 9.17) is 4.74 Å². The number of para-hydroxylation sites is 2. The summed E-state index contributed by atoms with van der Waals surface area (Å²) in [5.41, 5.74) is 3.38. The number of benzene rings is 2. The molecule has 3 aromatic rings. The number of aromatic nitrogens is 2. The Morgan fingerprint density at radius 2 is 1.87 bits per heavy atom. The van der Waals surface area contributed by atoms with Gasteiger partial charge in [-0.15, -0.1) is 0 Å². The van der Waals surface area contributed by atoms with Crippen LogP contribution in [0, 0.1) is 0 Å². The van der Waals surface area contributed by atoms with Gasteiger partial charge in [0, 0.05) is 5.56 Å². The monoisotopic (exact) mass is 404 g/mol. The van der Waals surface area contributed by atoms with Crippen LogP contribution in [0.15, 0.2) is 54.6 Å². The van der Waals surface area contributed by atoms with Crippen LogP contribution in [0.5, 0.6) is 5.75 Å². The number of hydrogen-bond donors (Lipinski definition) is 2. The number of nitrogens with one attached hydrogen (secondary N) is 2. The maximum atomic E-state index is 12.7. The minimum atomic E-state index is -0.693. The highest BCUT2D eigenvalue weighted by molar-refractivity contribution is 6.04. The molecule has 0 aliphatic carbocycles. The van der Waals surface area contributed by atoms with Gasteiger partial charge < -0.3 is 15.4 Å². The van der Waals surface area contributed by atoms with E-state index in [2.05, 4.69) is 15.7 Å². The van der Waals surface area contributed by atoms with Crippen molar-refractivity contribution in [3.63, 3.8) is 0 Å². The topological polar surface area (TPSA) is 85.2 Å². The first-order valence-electron chi connectivity index (χ1n) is 10.1. The lowest BCUT2D eigenvalue weighted by Crippen LogP contribution is -2.24. The molecule has 0 fully saturated rings. The molecule has 1 aliphatic heterocycles. The van der Waals surface area contributed by atoms with Gasteiger partial charge in [0.2, 0.25) is 5.91 Å². The van der Waals surface area contributed by atoms with E-state index in [1.54, 1.807) is 16.8 Å². The van der Waals surface area contributed by atoms with Crippen molar-refractivity contribution >= 4 is 23.3 Å². The van der Waals surface area contributed by atoms with Crippen molar-refractivity contribution in [2.45, 2.75) is 32.7 Å². The van der Waals surface area contributed by atoms with E-state index in [9.17, 15) is 9.59 Å². The van der Waals surface area contributed by atoms with Gasteiger partial charge in [-0.3, -0.25) is 9.59 Å². The van der Waals surface area contributed by atoms with E-state index < -0.39 is 6.04 Å². The second-order valence-corrected chi connectivity index (χ2v) is 7.02. The lowest BCUT2D eigenvalue weighted by molar-refractivity contribution is -0.123. The van der Waals surface area contributed by atoms with Crippen molar-refractivity contribution in [3.8, 4) is 16.9 Å². The van der Waals surface area contributed by atoms with E-state index in [-0.39, 0.29) is 18.2 Å². The average molecular weight is 404 g/mol. The number of carbonyl (C=O) groups excluding carboxylic acids is 2. The van der Waals surface area contributed by atoms with Gasteiger partial charge in [0.05, 0.1) is 24.4 Å². The number of hydrogen-bond acceptors (Lipinski definition) is 4. The summed E-state index contributed by atoms with van der Waals surface area (Å²) in [6.45, 7) is 4.41. The van der Waals surface area contributed by atoms with Crippen LogP contribution in [0.2, 0.25) is 0 Å². The van der Waals surface area contributed by atoms with Crippen molar-refractivity contribution in [3.05, 3.63) is 60.3 Å². The molecule has 30 heavy (non-hydrogen) atoms. The zero-order chi connectivity index (χ0) is 21.1. The SMILES string of the molecule is CCOc1ccccc1NC(=O)CC1C(=O)Nc2c(-c3ccccc3)c(CC)nn21. The lowest BCUT2D eigenvalue weighted by atomic mass is 10.0. The highest BCUT2D eigenvalue weighted by atomic mass is 16.5. The molecule has 1 unspecified atom stereocenters. The summed E-state index contributed by atoms with van der Waals surface area (Å²) >= 11 is 0. The van der Waals surface area contributed by atoms with E-state index in [0.717, 1.165) is 23.2 Å². The zero-order valence-corrected chi connectivity index (χ0v) is 17.0. The van der Waals surface area contributed by atoms with E-state index in [1.807, 2.05) is 56.3 Å². The summed E-state index contributed by atoms with van der Waals surface area (Å²) < 4.78 is 7.21. The Morgan fingerprint density at radius 3 is 2.60 bits per heavy atom. The van der Waals surface area contributed by atoms with Crippen LogP contribution in [-0.2, 0) is 16.0 Å². The van der Waals surface area contributed by atoms with Gasteiger partial charge in [0.25, 0.3) is 5.91 Å². The van der Waals surface area contributed by atoms with E-state index in [1.165, 1.54) is 0 Å². The fourth-order valence-corrected chi connectivity index (χ4v) is 3.70. The first-order valence-corrected chi connectivity index (χ1v) is 10.1. The highest BCUT2D eigenvalue weighted by Gasteiger charge is 2.36. The third-order valence-electron chi connectivity index (χ3n) is 5.06. The van der Waals surface area contributed by atoms with Gasteiger partial charge in [-0.25, -0.2) is 4.68 Å². The molecule has 7 heteroatoms. The van der Waals surface area contributed by atoms with E-state index >= 15 is 0 Å². The number of amides is 2. The Balaban J connectivity index is 1.59. The predicted molar refractivity (Wildman–Crippen MR) is 116 cm³/mol. The van der Waals surface area contributed by atoms with Crippen LogP contribution in [0.4, 0.5) is 11.5 Å². The van der Waals surface area contributed by atoms with Crippen molar-refractivity contribution in [2.75, 3.05) is 17.2 Å². The number of rotatable bonds is 7. The molecule has 154 valence electrons. The van der Waals surface area contributed by atoms with Crippen LogP contribution in [0.25, 0.3) is 11.1 Å². The fraction of sp³-hybridized carbons (Fsp3) is 0.261. The Kier molecular flexibility index (Phi) is 5.52. The molecule has 0 radical (unpaired) electrons. The Morgan fingerprint density at radius 1 is 1.13 bits per heavy atom. The average Bonchev–Trinajstić information content (AvgIpc) is 3.25. The van der Waals surface area contributed by atoms with Crippen LogP contribution in [0.1, 0.15) is 32.0 Å². The molecule has 0 spiro atoms. The van der Waals surface area contributed by atoms with Gasteiger partial charge in [0.1, 0.15) is 17.6 Å². The molecule has 0 saturated heterocycles. The molecule has 1 atom stereocenters. The van der Waals surface area contributed by atoms with Gasteiger partial charge in [0.15, 0.2) is 0 Å². The number of carbonyl (C=O) groups is 2. The van der Waals surface area contributed by atoms with Crippen LogP contribution in [-0.4, -0.2) is 28.2 Å². The second-order valence-electron chi connectivity index (χ2n) is 7.02. The molecule has 0 bridgehead atoms. The van der Waals surface area contributed by atoms with Crippen LogP contribution in [0.3, 0.4) is 0 Å². The zero-order valence-electron chi connectivity index (χ0n) is 17.0. The third-order valence-corrected chi connectivity index (χ3v) is 5.06. The Labute approximate surface area is 175 Å². The van der Waals surface area contributed by atoms with Crippen molar-refractivity contribution in [1.29, 1.82) is 0 Å². The molecular weight excluding hydrogens is 380 g/mol. The standard InChI is InChI=1S/C23H24N4O3/c1-3-16-21(15-10-6-5-7-11-15)22-25-23(29)18(27(22)26-16)14-20(28)24-17-12-8-9-13-19(17)30-4-2/h5-13,18H,3-4,14H2,1-2H3,(H,24,28)(H,25,29). The minimum absolute atomic E-state index is 0.0155. The van der Waals surface area contributed by atoms with Gasteiger partial charge in [-0.2, -0.15) is 5.10 Å². The summed E-state index contributed by atoms with van der Waals surface area (Å²) in [6, 6.07) is 16.4. The Bertz CT molecular complexity index is 1080. The smallest absolute Gasteiger partial charge is 0.251 e. The second kappa shape index (κ2) is 8.41. The van der Waals surface area contributed by atoms with Crippen LogP contribution >= 0.6 is 0 Å². The summed E-state index contributed by atoms with van der Waals surface area (Å²) in [4.78, 5) is 25.4. The number of aryl methyl sites for hydroxylation is 1. The summed E-state index contributed by atoms with van der Waals surface area (Å²) in [5, 5.41) is 10.4. The molecule has 2 aromatic carbocycles. The first-order chi connectivity index (χ1) is 14.6. The van der Waals surface area contributed by atoms with Crippen molar-refractivity contribution in [1.82, 2.24) is 9.78 Å². The molecule has 2 amide bonds. The normalized spacial score (nSPS) is 14.9. The molecule has 0 saturated carbocycles. The first kappa shape index (κ1) is 19.7. The highest BCUT2D eigenvalue weighted by Crippen LogP contribution is 2.38. The van der Waals surface area contributed by atoms with Crippen LogP contribution < -0.4 is 15.4 Å². The lowest BCUT2D eigenvalue weighted by Gasteiger charge is -2.13. The number of ether oxygens (including phenoxy) is 1. The predicted octanol–water partition coefficient (Wildman–Crippen LogP) is 4.03. The molecular formula is C23H24N4O3. The minimum Gasteiger partial charge on any atom is -0.492 e. The summed E-state index contributed by atoms with van der Waals surface area (Å²) in [7, 11) is 0. The molecule has 1 aromatic heterocycles. The maximum absolute atomic E-state index is 12.7. The van der Waals surface area contributed by atoms with Gasteiger partial charge in [-0.1, -0.05) is 49.4 Å². The largest absolute Gasteiger partial charge is 0.492 e.